The Balaban J connectivity index is 2.31. The molecule has 1 N–H and O–H groups in total. The molecule has 116 valence electrons. The number of amides is 1. The summed E-state index contributed by atoms with van der Waals surface area (Å²) in [6.45, 7) is 0. The minimum Gasteiger partial charge on any atom is -0.319 e. The van der Waals surface area contributed by atoms with Gasteiger partial charge in [0.25, 0.3) is 5.91 Å². The van der Waals surface area contributed by atoms with E-state index in [1.807, 2.05) is 0 Å². The first kappa shape index (κ1) is 16.1. The molecule has 1 amide bonds. The molecule has 0 spiro atoms. The molecule has 0 bridgehead atoms. The van der Waals surface area contributed by atoms with Crippen LogP contribution in [0.25, 0.3) is 0 Å². The second kappa shape index (κ2) is 6.25. The number of carbonyl (C=O) groups excluding carboxylic acids is 1. The van der Waals surface area contributed by atoms with Gasteiger partial charge < -0.3 is 5.32 Å². The Morgan fingerprint density at radius 2 is 1.77 bits per heavy atom. The molecule has 0 aromatic heterocycles. The lowest BCUT2D eigenvalue weighted by Crippen LogP contribution is -2.22. The van der Waals surface area contributed by atoms with E-state index < -0.39 is 21.7 Å². The van der Waals surface area contributed by atoms with Crippen molar-refractivity contribution < 1.29 is 17.6 Å². The molecular formula is C15H15FN2O3S. The van der Waals surface area contributed by atoms with Crippen molar-refractivity contribution in [2.24, 2.45) is 0 Å². The number of sulfonamides is 1. The summed E-state index contributed by atoms with van der Waals surface area (Å²) < 4.78 is 38.7. The quantitative estimate of drug-likeness (QED) is 0.939. The fourth-order valence-corrected chi connectivity index (χ4v) is 2.71. The zero-order valence-electron chi connectivity index (χ0n) is 12.1. The van der Waals surface area contributed by atoms with Crippen LogP contribution in [-0.4, -0.2) is 32.7 Å². The van der Waals surface area contributed by atoms with E-state index in [0.29, 0.717) is 0 Å². The number of para-hydroxylation sites is 1. The van der Waals surface area contributed by atoms with Gasteiger partial charge in [0, 0.05) is 19.7 Å². The van der Waals surface area contributed by atoms with Crippen molar-refractivity contribution in [1.29, 1.82) is 0 Å². The maximum Gasteiger partial charge on any atom is 0.255 e. The lowest BCUT2D eigenvalue weighted by Gasteiger charge is -2.12. The smallest absolute Gasteiger partial charge is 0.255 e. The fourth-order valence-electron chi connectivity index (χ4n) is 1.77. The summed E-state index contributed by atoms with van der Waals surface area (Å²) in [5.74, 6) is -1.14. The number of nitrogens with zero attached hydrogens (tertiary/aromatic N) is 1. The van der Waals surface area contributed by atoms with E-state index in [4.69, 9.17) is 0 Å². The number of hydrogen-bond donors (Lipinski definition) is 1. The van der Waals surface area contributed by atoms with Gasteiger partial charge in [-0.05, 0) is 30.3 Å². The highest BCUT2D eigenvalue weighted by Crippen LogP contribution is 2.17. The van der Waals surface area contributed by atoms with Gasteiger partial charge in [0.15, 0.2) is 0 Å². The first-order valence-electron chi connectivity index (χ1n) is 6.41. The number of carbonyl (C=O) groups is 1. The van der Waals surface area contributed by atoms with Crippen molar-refractivity contribution in [3.63, 3.8) is 0 Å². The van der Waals surface area contributed by atoms with Crippen molar-refractivity contribution in [2.45, 2.75) is 4.90 Å². The van der Waals surface area contributed by atoms with Gasteiger partial charge in [-0.3, -0.25) is 4.79 Å². The highest BCUT2D eigenvalue weighted by Gasteiger charge is 2.19. The van der Waals surface area contributed by atoms with Crippen LogP contribution in [0.2, 0.25) is 0 Å². The maximum absolute atomic E-state index is 13.5. The van der Waals surface area contributed by atoms with Gasteiger partial charge in [-0.1, -0.05) is 18.2 Å². The molecule has 2 aromatic carbocycles. The molecule has 2 aromatic rings. The molecule has 0 saturated carbocycles. The largest absolute Gasteiger partial charge is 0.319 e. The topological polar surface area (TPSA) is 66.5 Å². The van der Waals surface area contributed by atoms with E-state index in [0.717, 1.165) is 4.31 Å². The Labute approximate surface area is 128 Å². The summed E-state index contributed by atoms with van der Waals surface area (Å²) in [6.07, 6.45) is 0. The van der Waals surface area contributed by atoms with Crippen LogP contribution >= 0.6 is 0 Å². The Morgan fingerprint density at radius 3 is 2.41 bits per heavy atom. The van der Waals surface area contributed by atoms with Gasteiger partial charge >= 0.3 is 0 Å². The predicted octanol–water partition coefficient (Wildman–Crippen LogP) is 2.33. The molecule has 22 heavy (non-hydrogen) atoms. The monoisotopic (exact) mass is 322 g/mol. The summed E-state index contributed by atoms with van der Waals surface area (Å²) in [6, 6.07) is 11.3. The van der Waals surface area contributed by atoms with Crippen LogP contribution in [0.4, 0.5) is 10.1 Å². The molecule has 0 aliphatic heterocycles. The Kier molecular flexibility index (Phi) is 4.58. The summed E-state index contributed by atoms with van der Waals surface area (Å²) in [4.78, 5) is 12.1. The average molecular weight is 322 g/mol. The van der Waals surface area contributed by atoms with E-state index in [1.165, 1.54) is 56.6 Å². The van der Waals surface area contributed by atoms with Crippen LogP contribution in [0, 0.1) is 5.82 Å². The number of hydrogen-bond acceptors (Lipinski definition) is 3. The zero-order valence-corrected chi connectivity index (χ0v) is 12.9. The number of benzene rings is 2. The van der Waals surface area contributed by atoms with Gasteiger partial charge in [0.1, 0.15) is 5.82 Å². The van der Waals surface area contributed by atoms with E-state index in [9.17, 15) is 17.6 Å². The Morgan fingerprint density at radius 1 is 1.09 bits per heavy atom. The van der Waals surface area contributed by atoms with E-state index in [1.54, 1.807) is 6.07 Å². The van der Waals surface area contributed by atoms with Crippen molar-refractivity contribution in [1.82, 2.24) is 4.31 Å². The maximum atomic E-state index is 13.5. The van der Waals surface area contributed by atoms with Crippen LogP contribution in [-0.2, 0) is 10.0 Å². The van der Waals surface area contributed by atoms with E-state index >= 15 is 0 Å². The summed E-state index contributed by atoms with van der Waals surface area (Å²) >= 11 is 0. The molecule has 0 aliphatic rings. The van der Waals surface area contributed by atoms with Gasteiger partial charge in [0.2, 0.25) is 10.0 Å². The number of anilines is 1. The predicted molar refractivity (Wildman–Crippen MR) is 81.7 cm³/mol. The van der Waals surface area contributed by atoms with Gasteiger partial charge in [-0.25, -0.2) is 17.1 Å². The molecule has 2 rings (SSSR count). The first-order valence-corrected chi connectivity index (χ1v) is 7.85. The molecule has 0 saturated heterocycles. The molecule has 0 unspecified atom stereocenters. The third-order valence-corrected chi connectivity index (χ3v) is 4.81. The zero-order chi connectivity index (χ0) is 16.3. The van der Waals surface area contributed by atoms with Crippen molar-refractivity contribution in [3.8, 4) is 0 Å². The lowest BCUT2D eigenvalue weighted by molar-refractivity contribution is 0.102. The average Bonchev–Trinajstić information content (AvgIpc) is 2.49. The summed E-state index contributed by atoms with van der Waals surface area (Å²) in [7, 11) is -0.826. The molecule has 0 aliphatic carbocycles. The van der Waals surface area contributed by atoms with Crippen LogP contribution < -0.4 is 5.32 Å². The van der Waals surface area contributed by atoms with E-state index in [-0.39, 0.29) is 16.1 Å². The number of nitrogens with one attached hydrogen (secondary N) is 1. The SMILES string of the molecule is CN(C)S(=O)(=O)c1cccc(C(=O)Nc2ccccc2F)c1. The molecular weight excluding hydrogens is 307 g/mol. The minimum absolute atomic E-state index is 0.00122. The molecule has 0 fully saturated rings. The molecule has 0 atom stereocenters. The highest BCUT2D eigenvalue weighted by atomic mass is 32.2. The highest BCUT2D eigenvalue weighted by molar-refractivity contribution is 7.89. The minimum atomic E-state index is -3.63. The molecule has 5 nitrogen and oxygen atoms in total. The fraction of sp³-hybridized carbons (Fsp3) is 0.133. The standard InChI is InChI=1S/C15H15FN2O3S/c1-18(2)22(20,21)12-7-5-6-11(10-12)15(19)17-14-9-4-3-8-13(14)16/h3-10H,1-2H3,(H,17,19). The van der Waals surface area contributed by atoms with Crippen LogP contribution in [0.1, 0.15) is 10.4 Å². The number of halogens is 1. The normalized spacial score (nSPS) is 11.5. The van der Waals surface area contributed by atoms with Crippen molar-refractivity contribution in [2.75, 3.05) is 19.4 Å². The number of rotatable bonds is 4. The van der Waals surface area contributed by atoms with E-state index in [2.05, 4.69) is 5.32 Å². The molecule has 0 heterocycles. The first-order chi connectivity index (χ1) is 10.3. The molecule has 0 radical (unpaired) electrons. The second-order valence-corrected chi connectivity index (χ2v) is 6.90. The Hall–Kier alpha value is -2.25. The van der Waals surface area contributed by atoms with Gasteiger partial charge in [-0.2, -0.15) is 0 Å². The van der Waals surface area contributed by atoms with Crippen molar-refractivity contribution in [3.05, 3.63) is 59.9 Å². The van der Waals surface area contributed by atoms with Crippen LogP contribution in [0.5, 0.6) is 0 Å². The van der Waals surface area contributed by atoms with Gasteiger partial charge in [0.05, 0.1) is 10.6 Å². The third-order valence-electron chi connectivity index (χ3n) is 3.00. The van der Waals surface area contributed by atoms with Crippen LogP contribution in [0.15, 0.2) is 53.4 Å². The summed E-state index contributed by atoms with van der Waals surface area (Å²) in [5.41, 5.74) is 0.166. The second-order valence-electron chi connectivity index (χ2n) is 4.75. The van der Waals surface area contributed by atoms with Gasteiger partial charge in [-0.15, -0.1) is 0 Å². The summed E-state index contributed by atoms with van der Waals surface area (Å²) in [5, 5.41) is 2.41. The van der Waals surface area contributed by atoms with Crippen molar-refractivity contribution >= 4 is 21.6 Å². The third kappa shape index (κ3) is 3.32. The van der Waals surface area contributed by atoms with Crippen LogP contribution in [0.3, 0.4) is 0 Å². The lowest BCUT2D eigenvalue weighted by atomic mass is 10.2. The molecule has 7 heteroatoms. The Bertz CT molecular complexity index is 804.